The highest BCUT2D eigenvalue weighted by molar-refractivity contribution is 7.37. The van der Waals surface area contributed by atoms with Crippen LogP contribution in [0.5, 0.6) is 0 Å². The molecule has 0 aliphatic heterocycles. The molecule has 0 radical (unpaired) electrons. The first-order chi connectivity index (χ1) is 5.43. The van der Waals surface area contributed by atoms with Crippen molar-refractivity contribution in [3.05, 3.63) is 22.8 Å². The smallest absolute Gasteiger partial charge is 0.165 e. The zero-order chi connectivity index (χ0) is 9.35. The van der Waals surface area contributed by atoms with Crippen molar-refractivity contribution in [3.8, 4) is 0 Å². The summed E-state index contributed by atoms with van der Waals surface area (Å²) in [6, 6.07) is 0. The Kier molecular flexibility index (Phi) is 3.13. The lowest BCUT2D eigenvalue weighted by Gasteiger charge is -2.19. The molecule has 0 amide bonds. The molecule has 0 aromatic heterocycles. The predicted molar refractivity (Wildman–Crippen MR) is 61.6 cm³/mol. The van der Waals surface area contributed by atoms with Crippen LogP contribution in [0.15, 0.2) is 22.8 Å². The van der Waals surface area contributed by atoms with Gasteiger partial charge in [0.15, 0.2) is 0 Å². The number of allylic oxidation sites excluding steroid dienone is 4. The first kappa shape index (κ1) is 10.4. The Morgan fingerprint density at radius 3 is 2.25 bits per heavy atom. The van der Waals surface area contributed by atoms with Gasteiger partial charge in [0.1, 0.15) is 0 Å². The summed E-state index contributed by atoms with van der Waals surface area (Å²) in [5.74, 6) is 0. The minimum absolute atomic E-state index is 0.318. The number of hydrogen-bond donors (Lipinski definition) is 0. The van der Waals surface area contributed by atoms with E-state index in [0.29, 0.717) is 0 Å². The van der Waals surface area contributed by atoms with Gasteiger partial charge in [-0.25, -0.2) is 0 Å². The van der Waals surface area contributed by atoms with Crippen LogP contribution in [-0.2, 0) is 0 Å². The Morgan fingerprint density at radius 2 is 1.92 bits per heavy atom. The van der Waals surface area contributed by atoms with Crippen molar-refractivity contribution >= 4 is 36.5 Å². The monoisotopic (exact) mass is 218 g/mol. The summed E-state index contributed by atoms with van der Waals surface area (Å²) >= 11 is 11.7. The van der Waals surface area contributed by atoms with Crippen molar-refractivity contribution in [2.24, 2.45) is 0 Å². The van der Waals surface area contributed by atoms with Gasteiger partial charge >= 0.3 is 5.54 Å². The van der Waals surface area contributed by atoms with Gasteiger partial charge in [0.05, 0.1) is 8.07 Å². The van der Waals surface area contributed by atoms with Crippen LogP contribution in [0.2, 0.25) is 19.6 Å². The largest absolute Gasteiger partial charge is 0.379 e. The molecule has 1 rings (SSSR count). The molecule has 0 nitrogen and oxygen atoms in total. The number of halogens is 2. The van der Waals surface area contributed by atoms with Gasteiger partial charge in [0, 0.05) is 0 Å². The normalized spacial score (nSPS) is 17.4. The molecule has 1 aliphatic rings. The molecule has 0 aromatic rings. The Hall–Kier alpha value is 0.342. The van der Waals surface area contributed by atoms with E-state index in [1.165, 1.54) is 10.7 Å². The zero-order valence-corrected chi connectivity index (χ0v) is 10.2. The minimum atomic E-state index is -1.23. The van der Waals surface area contributed by atoms with Gasteiger partial charge in [-0.2, -0.15) is 22.9 Å². The topological polar surface area (TPSA) is 0 Å². The molecule has 0 fully saturated rings. The molecule has 0 saturated heterocycles. The molecule has 66 valence electrons. The van der Waals surface area contributed by atoms with Crippen molar-refractivity contribution in [3.63, 3.8) is 0 Å². The quantitative estimate of drug-likeness (QED) is 0.622. The third-order valence-corrected chi connectivity index (χ3v) is 4.67. The third-order valence-electron chi connectivity index (χ3n) is 2.04. The summed E-state index contributed by atoms with van der Waals surface area (Å²) in [6.45, 7) is 6.94. The second kappa shape index (κ2) is 3.61. The molecule has 1 aliphatic carbocycles. The van der Waals surface area contributed by atoms with E-state index in [1.54, 1.807) is 0 Å². The maximum Gasteiger partial charge on any atom is 0.379 e. The molecule has 0 bridgehead atoms. The Morgan fingerprint density at radius 1 is 1.33 bits per heavy atom. The predicted octanol–water partition coefficient (Wildman–Crippen LogP) is 3.63. The first-order valence-electron chi connectivity index (χ1n) is 4.11. The molecule has 0 saturated carbocycles. The third kappa shape index (κ3) is 2.18. The van der Waals surface area contributed by atoms with Crippen LogP contribution in [0.1, 0.15) is 6.42 Å². The van der Waals surface area contributed by atoms with E-state index < -0.39 is 8.07 Å². The number of hydrogen-bond acceptors (Lipinski definition) is 0. The standard InChI is InChI=1S/C8H13BCl2Si/c1-12(2,3)8-6-4-5-7(8)9(10)11/h4,6H,5H2,1-3H3. The Balaban J connectivity index is 2.98. The van der Waals surface area contributed by atoms with Gasteiger partial charge in [-0.3, -0.25) is 0 Å². The minimum Gasteiger partial charge on any atom is -0.165 e. The van der Waals surface area contributed by atoms with Crippen LogP contribution in [-0.4, -0.2) is 13.6 Å². The number of rotatable bonds is 2. The average Bonchev–Trinajstić information content (AvgIpc) is 2.30. The summed E-state index contributed by atoms with van der Waals surface area (Å²) < 4.78 is 0. The average molecular weight is 219 g/mol. The van der Waals surface area contributed by atoms with Crippen molar-refractivity contribution in [1.29, 1.82) is 0 Å². The van der Waals surface area contributed by atoms with Crippen molar-refractivity contribution in [2.75, 3.05) is 0 Å². The van der Waals surface area contributed by atoms with Gasteiger partial charge in [-0.05, 0) is 6.42 Å². The van der Waals surface area contributed by atoms with E-state index >= 15 is 0 Å². The van der Waals surface area contributed by atoms with E-state index in [4.69, 9.17) is 22.9 Å². The van der Waals surface area contributed by atoms with Crippen LogP contribution in [0.25, 0.3) is 0 Å². The van der Waals surface area contributed by atoms with Gasteiger partial charge in [-0.15, -0.1) is 0 Å². The van der Waals surface area contributed by atoms with Crippen LogP contribution in [0, 0.1) is 0 Å². The highest BCUT2D eigenvalue weighted by atomic mass is 35.5. The van der Waals surface area contributed by atoms with Crippen LogP contribution < -0.4 is 0 Å². The van der Waals surface area contributed by atoms with Gasteiger partial charge in [0.2, 0.25) is 0 Å². The fraction of sp³-hybridized carbons (Fsp3) is 0.500. The van der Waals surface area contributed by atoms with E-state index in [0.717, 1.165) is 6.42 Å². The molecule has 0 N–H and O–H groups in total. The van der Waals surface area contributed by atoms with Crippen molar-refractivity contribution < 1.29 is 0 Å². The lowest BCUT2D eigenvalue weighted by Crippen LogP contribution is -2.25. The Bertz CT molecular complexity index is 238. The molecule has 12 heavy (non-hydrogen) atoms. The highest BCUT2D eigenvalue weighted by Gasteiger charge is 2.27. The fourth-order valence-corrected chi connectivity index (χ4v) is 3.88. The lowest BCUT2D eigenvalue weighted by atomic mass is 9.91. The van der Waals surface area contributed by atoms with Crippen LogP contribution >= 0.6 is 22.9 Å². The summed E-state index contributed by atoms with van der Waals surface area (Å²) in [5, 5.41) is 1.43. The molecule has 0 spiro atoms. The van der Waals surface area contributed by atoms with E-state index in [9.17, 15) is 0 Å². The van der Waals surface area contributed by atoms with Crippen molar-refractivity contribution in [2.45, 2.75) is 26.1 Å². The molecule has 4 heteroatoms. The summed E-state index contributed by atoms with van der Waals surface area (Å²) in [7, 11) is -1.23. The Labute approximate surface area is 85.6 Å². The van der Waals surface area contributed by atoms with Crippen LogP contribution in [0.3, 0.4) is 0 Å². The van der Waals surface area contributed by atoms with Crippen molar-refractivity contribution in [1.82, 2.24) is 0 Å². The zero-order valence-electron chi connectivity index (χ0n) is 7.70. The highest BCUT2D eigenvalue weighted by Crippen LogP contribution is 2.31. The summed E-state index contributed by atoms with van der Waals surface area (Å²) in [4.78, 5) is 0. The van der Waals surface area contributed by atoms with E-state index in [2.05, 4.69) is 31.8 Å². The molecular formula is C8H13BCl2Si. The second-order valence-corrected chi connectivity index (χ2v) is 10.2. The maximum atomic E-state index is 5.87. The molecule has 0 atom stereocenters. The molecule has 0 aromatic carbocycles. The molecule has 0 unspecified atom stereocenters. The summed E-state index contributed by atoms with van der Waals surface area (Å²) in [5.41, 5.74) is 0.902. The fourth-order valence-electron chi connectivity index (χ4n) is 1.46. The molecular weight excluding hydrogens is 206 g/mol. The lowest BCUT2D eigenvalue weighted by molar-refractivity contribution is 1.39. The van der Waals surface area contributed by atoms with Crippen LogP contribution in [0.4, 0.5) is 0 Å². The maximum absolute atomic E-state index is 5.87. The van der Waals surface area contributed by atoms with E-state index in [1.807, 2.05) is 0 Å². The van der Waals surface area contributed by atoms with Gasteiger partial charge in [-0.1, -0.05) is 42.5 Å². The second-order valence-electron chi connectivity index (χ2n) is 4.10. The van der Waals surface area contributed by atoms with Gasteiger partial charge < -0.3 is 0 Å². The van der Waals surface area contributed by atoms with E-state index in [-0.39, 0.29) is 5.54 Å². The first-order valence-corrected chi connectivity index (χ1v) is 8.48. The van der Waals surface area contributed by atoms with Gasteiger partial charge in [0.25, 0.3) is 0 Å². The molecule has 0 heterocycles. The summed E-state index contributed by atoms with van der Waals surface area (Å²) in [6.07, 6.45) is 5.29. The SMILES string of the molecule is C[Si](C)(C)C1=C(B(Cl)Cl)CC=C1.